The van der Waals surface area contributed by atoms with Crippen LogP contribution in [-0.2, 0) is 4.74 Å². The molecule has 1 aliphatic rings. The standard InChI is InChI=1S/C14H22N2O/c1-11-8-16(9-13(11)15)14(10-17-2)12-6-4-3-5-7-12/h3-7,11,13-14H,8-10,15H2,1-2H3. The van der Waals surface area contributed by atoms with Gasteiger partial charge in [0, 0.05) is 26.2 Å². The van der Waals surface area contributed by atoms with Crippen molar-refractivity contribution in [2.45, 2.75) is 19.0 Å². The van der Waals surface area contributed by atoms with Crippen LogP contribution >= 0.6 is 0 Å². The van der Waals surface area contributed by atoms with Crippen molar-refractivity contribution in [3.63, 3.8) is 0 Å². The normalized spacial score (nSPS) is 27.2. The molecule has 0 bridgehead atoms. The predicted molar refractivity (Wildman–Crippen MR) is 69.8 cm³/mol. The summed E-state index contributed by atoms with van der Waals surface area (Å²) in [6.07, 6.45) is 0. The Kier molecular flexibility index (Phi) is 4.15. The lowest BCUT2D eigenvalue weighted by Crippen LogP contribution is -2.32. The average Bonchev–Trinajstić information content (AvgIpc) is 2.67. The minimum Gasteiger partial charge on any atom is -0.383 e. The first-order valence-corrected chi connectivity index (χ1v) is 6.26. The predicted octanol–water partition coefficient (Wildman–Crippen LogP) is 1.65. The average molecular weight is 234 g/mol. The van der Waals surface area contributed by atoms with Gasteiger partial charge in [0.1, 0.15) is 0 Å². The minimum absolute atomic E-state index is 0.290. The highest BCUT2D eigenvalue weighted by Gasteiger charge is 2.31. The Labute approximate surface area is 104 Å². The number of nitrogens with zero attached hydrogens (tertiary/aromatic N) is 1. The number of likely N-dealkylation sites (tertiary alicyclic amines) is 1. The van der Waals surface area contributed by atoms with E-state index in [1.165, 1.54) is 5.56 Å². The summed E-state index contributed by atoms with van der Waals surface area (Å²) in [5.74, 6) is 0.568. The summed E-state index contributed by atoms with van der Waals surface area (Å²) in [4.78, 5) is 2.44. The first-order valence-electron chi connectivity index (χ1n) is 6.26. The molecule has 3 unspecified atom stereocenters. The lowest BCUT2D eigenvalue weighted by atomic mass is 10.1. The molecule has 3 heteroatoms. The molecular formula is C14H22N2O. The van der Waals surface area contributed by atoms with Crippen LogP contribution in [0.4, 0.5) is 0 Å². The van der Waals surface area contributed by atoms with Crippen LogP contribution < -0.4 is 5.73 Å². The highest BCUT2D eigenvalue weighted by Crippen LogP contribution is 2.27. The van der Waals surface area contributed by atoms with E-state index < -0.39 is 0 Å². The minimum atomic E-state index is 0.290. The zero-order chi connectivity index (χ0) is 12.3. The second-order valence-corrected chi connectivity index (χ2v) is 4.98. The van der Waals surface area contributed by atoms with E-state index in [4.69, 9.17) is 10.5 Å². The number of methoxy groups -OCH3 is 1. The first kappa shape index (κ1) is 12.6. The largest absolute Gasteiger partial charge is 0.383 e. The molecule has 3 atom stereocenters. The lowest BCUT2D eigenvalue weighted by Gasteiger charge is -2.27. The smallest absolute Gasteiger partial charge is 0.0659 e. The Hall–Kier alpha value is -0.900. The molecule has 2 rings (SSSR count). The summed E-state index contributed by atoms with van der Waals surface area (Å²) in [5.41, 5.74) is 7.41. The molecule has 1 aliphatic heterocycles. The van der Waals surface area contributed by atoms with Crippen LogP contribution in [0.3, 0.4) is 0 Å². The van der Waals surface area contributed by atoms with Crippen molar-refractivity contribution in [1.29, 1.82) is 0 Å². The van der Waals surface area contributed by atoms with E-state index in [1.807, 2.05) is 6.07 Å². The van der Waals surface area contributed by atoms with Crippen LogP contribution in [0.15, 0.2) is 30.3 Å². The van der Waals surface area contributed by atoms with Crippen molar-refractivity contribution in [1.82, 2.24) is 4.90 Å². The molecule has 0 amide bonds. The fraction of sp³-hybridized carbons (Fsp3) is 0.571. The van der Waals surface area contributed by atoms with E-state index in [0.717, 1.165) is 19.7 Å². The van der Waals surface area contributed by atoms with Crippen LogP contribution in [0.1, 0.15) is 18.5 Å². The second-order valence-electron chi connectivity index (χ2n) is 4.98. The van der Waals surface area contributed by atoms with Gasteiger partial charge in [0.15, 0.2) is 0 Å². The van der Waals surface area contributed by atoms with Crippen molar-refractivity contribution in [3.8, 4) is 0 Å². The lowest BCUT2D eigenvalue weighted by molar-refractivity contribution is 0.103. The van der Waals surface area contributed by atoms with Gasteiger partial charge in [-0.05, 0) is 11.5 Å². The molecule has 0 aromatic heterocycles. The number of hydrogen-bond donors (Lipinski definition) is 1. The summed E-state index contributed by atoms with van der Waals surface area (Å²) >= 11 is 0. The maximum Gasteiger partial charge on any atom is 0.0659 e. The third-order valence-corrected chi connectivity index (χ3v) is 3.65. The van der Waals surface area contributed by atoms with Gasteiger partial charge in [-0.3, -0.25) is 4.90 Å². The molecule has 1 aromatic rings. The van der Waals surface area contributed by atoms with Crippen molar-refractivity contribution in [2.75, 3.05) is 26.8 Å². The molecule has 1 aromatic carbocycles. The molecule has 17 heavy (non-hydrogen) atoms. The molecule has 0 radical (unpaired) electrons. The van der Waals surface area contributed by atoms with Crippen LogP contribution in [0.2, 0.25) is 0 Å². The third-order valence-electron chi connectivity index (χ3n) is 3.65. The SMILES string of the molecule is COCC(c1ccccc1)N1CC(C)C(N)C1. The Morgan fingerprint density at radius 3 is 2.59 bits per heavy atom. The fourth-order valence-corrected chi connectivity index (χ4v) is 2.53. The maximum absolute atomic E-state index is 6.10. The quantitative estimate of drug-likeness (QED) is 0.861. The summed E-state index contributed by atoms with van der Waals surface area (Å²) in [5, 5.41) is 0. The van der Waals surface area contributed by atoms with Gasteiger partial charge in [-0.1, -0.05) is 37.3 Å². The maximum atomic E-state index is 6.10. The van der Waals surface area contributed by atoms with Crippen LogP contribution in [0, 0.1) is 5.92 Å². The Balaban J connectivity index is 2.13. The van der Waals surface area contributed by atoms with E-state index in [9.17, 15) is 0 Å². The molecule has 2 N–H and O–H groups in total. The van der Waals surface area contributed by atoms with E-state index in [2.05, 4.69) is 36.1 Å². The monoisotopic (exact) mass is 234 g/mol. The van der Waals surface area contributed by atoms with E-state index >= 15 is 0 Å². The highest BCUT2D eigenvalue weighted by molar-refractivity contribution is 5.19. The van der Waals surface area contributed by atoms with Crippen LogP contribution in [-0.4, -0.2) is 37.7 Å². The number of rotatable bonds is 4. The van der Waals surface area contributed by atoms with Crippen molar-refractivity contribution in [3.05, 3.63) is 35.9 Å². The fourth-order valence-electron chi connectivity index (χ4n) is 2.53. The summed E-state index contributed by atoms with van der Waals surface area (Å²) in [6, 6.07) is 11.2. The number of hydrogen-bond acceptors (Lipinski definition) is 3. The second kappa shape index (κ2) is 5.63. The van der Waals surface area contributed by atoms with Crippen molar-refractivity contribution >= 4 is 0 Å². The summed E-state index contributed by atoms with van der Waals surface area (Å²) < 4.78 is 5.36. The summed E-state index contributed by atoms with van der Waals surface area (Å²) in [7, 11) is 1.76. The number of benzene rings is 1. The van der Waals surface area contributed by atoms with Gasteiger partial charge < -0.3 is 10.5 Å². The molecule has 3 nitrogen and oxygen atoms in total. The van der Waals surface area contributed by atoms with Crippen LogP contribution in [0.5, 0.6) is 0 Å². The molecule has 0 spiro atoms. The van der Waals surface area contributed by atoms with Gasteiger partial charge in [-0.2, -0.15) is 0 Å². The highest BCUT2D eigenvalue weighted by atomic mass is 16.5. The van der Waals surface area contributed by atoms with Gasteiger partial charge in [0.25, 0.3) is 0 Å². The van der Waals surface area contributed by atoms with Crippen LogP contribution in [0.25, 0.3) is 0 Å². The van der Waals surface area contributed by atoms with Gasteiger partial charge in [0.2, 0.25) is 0 Å². The number of nitrogens with two attached hydrogens (primary N) is 1. The molecule has 0 aliphatic carbocycles. The molecule has 0 saturated carbocycles. The first-order chi connectivity index (χ1) is 8.22. The molecule has 94 valence electrons. The Bertz CT molecular complexity index is 331. The topological polar surface area (TPSA) is 38.5 Å². The van der Waals surface area contributed by atoms with Crippen molar-refractivity contribution < 1.29 is 4.74 Å². The summed E-state index contributed by atoms with van der Waals surface area (Å²) in [6.45, 7) is 4.97. The van der Waals surface area contributed by atoms with Crippen molar-refractivity contribution in [2.24, 2.45) is 11.7 Å². The number of ether oxygens (including phenoxy) is 1. The molecular weight excluding hydrogens is 212 g/mol. The molecule has 1 heterocycles. The van der Waals surface area contributed by atoms with Gasteiger partial charge in [-0.15, -0.1) is 0 Å². The van der Waals surface area contributed by atoms with Gasteiger partial charge >= 0.3 is 0 Å². The molecule has 1 fully saturated rings. The Morgan fingerprint density at radius 2 is 2.06 bits per heavy atom. The zero-order valence-electron chi connectivity index (χ0n) is 10.7. The van der Waals surface area contributed by atoms with E-state index in [-0.39, 0.29) is 6.04 Å². The molecule has 1 saturated heterocycles. The Morgan fingerprint density at radius 1 is 1.35 bits per heavy atom. The van der Waals surface area contributed by atoms with Gasteiger partial charge in [0.05, 0.1) is 12.6 Å². The zero-order valence-corrected chi connectivity index (χ0v) is 10.7. The van der Waals surface area contributed by atoms with E-state index in [1.54, 1.807) is 7.11 Å². The third kappa shape index (κ3) is 2.86. The van der Waals surface area contributed by atoms with Gasteiger partial charge in [-0.25, -0.2) is 0 Å². The van der Waals surface area contributed by atoms with E-state index in [0.29, 0.717) is 12.0 Å².